The summed E-state index contributed by atoms with van der Waals surface area (Å²) in [5.41, 5.74) is 0.877. The second-order valence-corrected chi connectivity index (χ2v) is 4.69. The van der Waals surface area contributed by atoms with Crippen LogP contribution in [0.3, 0.4) is 0 Å². The number of benzene rings is 1. The Kier molecular flexibility index (Phi) is 5.49. The van der Waals surface area contributed by atoms with Crippen molar-refractivity contribution < 1.29 is 9.53 Å². The smallest absolute Gasteiger partial charge is 0.239 e. The van der Waals surface area contributed by atoms with Gasteiger partial charge >= 0.3 is 0 Å². The van der Waals surface area contributed by atoms with Crippen molar-refractivity contribution in [3.8, 4) is 5.75 Å². The monoisotopic (exact) mass is 250 g/mol. The van der Waals surface area contributed by atoms with Crippen molar-refractivity contribution in [2.45, 2.75) is 26.8 Å². The molecule has 100 valence electrons. The van der Waals surface area contributed by atoms with Gasteiger partial charge in [-0.2, -0.15) is 0 Å². The molecule has 2 N–H and O–H groups in total. The predicted octanol–water partition coefficient (Wildman–Crippen LogP) is 2.27. The van der Waals surface area contributed by atoms with Crippen molar-refractivity contribution in [3.05, 3.63) is 24.3 Å². The normalized spacial score (nSPS) is 12.1. The lowest BCUT2D eigenvalue weighted by atomic mass is 10.1. The van der Waals surface area contributed by atoms with Crippen molar-refractivity contribution in [2.24, 2.45) is 5.92 Å². The zero-order valence-electron chi connectivity index (χ0n) is 11.5. The molecule has 0 spiro atoms. The maximum Gasteiger partial charge on any atom is 0.239 e. The van der Waals surface area contributed by atoms with Crippen molar-refractivity contribution in [3.63, 3.8) is 0 Å². The van der Waals surface area contributed by atoms with Crippen LogP contribution in [0.4, 0.5) is 5.69 Å². The number of carbonyl (C=O) groups excluding carboxylic acids is 1. The minimum atomic E-state index is -0.000908. The summed E-state index contributed by atoms with van der Waals surface area (Å²) in [6.07, 6.45) is 0. The molecule has 0 fully saturated rings. The molecule has 1 rings (SSSR count). The molecule has 1 unspecified atom stereocenters. The van der Waals surface area contributed by atoms with Crippen molar-refractivity contribution >= 4 is 11.6 Å². The fraction of sp³-hybridized carbons (Fsp3) is 0.500. The van der Waals surface area contributed by atoms with Gasteiger partial charge in [-0.3, -0.25) is 4.79 Å². The average Bonchev–Trinajstić information content (AvgIpc) is 2.36. The summed E-state index contributed by atoms with van der Waals surface area (Å²) in [7, 11) is 1.62. The third-order valence-electron chi connectivity index (χ3n) is 2.91. The van der Waals surface area contributed by atoms with Gasteiger partial charge in [0, 0.05) is 17.8 Å². The topological polar surface area (TPSA) is 50.4 Å². The maximum absolute atomic E-state index is 11.7. The van der Waals surface area contributed by atoms with Gasteiger partial charge in [0.25, 0.3) is 0 Å². The molecule has 1 aromatic carbocycles. The maximum atomic E-state index is 11.7. The minimum absolute atomic E-state index is 0.000908. The molecule has 1 atom stereocenters. The van der Waals surface area contributed by atoms with Crippen LogP contribution >= 0.6 is 0 Å². The van der Waals surface area contributed by atoms with Crippen molar-refractivity contribution in [1.82, 2.24) is 5.32 Å². The first-order valence-electron chi connectivity index (χ1n) is 6.20. The molecule has 18 heavy (non-hydrogen) atoms. The first kappa shape index (κ1) is 14.4. The first-order valence-corrected chi connectivity index (χ1v) is 6.20. The van der Waals surface area contributed by atoms with Crippen LogP contribution in [0.5, 0.6) is 5.75 Å². The summed E-state index contributed by atoms with van der Waals surface area (Å²) < 4.78 is 5.12. The van der Waals surface area contributed by atoms with E-state index in [1.165, 1.54) is 0 Å². The van der Waals surface area contributed by atoms with E-state index >= 15 is 0 Å². The molecule has 0 saturated heterocycles. The Morgan fingerprint density at radius 1 is 1.33 bits per heavy atom. The second kappa shape index (κ2) is 6.89. The number of anilines is 1. The van der Waals surface area contributed by atoms with Gasteiger partial charge in [0.15, 0.2) is 0 Å². The van der Waals surface area contributed by atoms with Gasteiger partial charge in [0.1, 0.15) is 5.75 Å². The molecule has 4 heteroatoms. The molecule has 1 aromatic rings. The molecule has 1 amide bonds. The summed E-state index contributed by atoms with van der Waals surface area (Å²) in [6, 6.07) is 7.70. The predicted molar refractivity (Wildman–Crippen MR) is 73.9 cm³/mol. The molecule has 0 radical (unpaired) electrons. The Hall–Kier alpha value is -1.71. The van der Waals surface area contributed by atoms with E-state index in [4.69, 9.17) is 4.74 Å². The molecular weight excluding hydrogens is 228 g/mol. The number of nitrogens with one attached hydrogen (secondary N) is 2. The van der Waals surface area contributed by atoms with Crippen LogP contribution < -0.4 is 15.4 Å². The average molecular weight is 250 g/mol. The van der Waals surface area contributed by atoms with E-state index in [1.807, 2.05) is 31.2 Å². The van der Waals surface area contributed by atoms with E-state index < -0.39 is 0 Å². The molecule has 0 heterocycles. The molecule has 0 aliphatic carbocycles. The molecule has 0 bridgehead atoms. The van der Waals surface area contributed by atoms with E-state index in [-0.39, 0.29) is 18.5 Å². The van der Waals surface area contributed by atoms with Gasteiger partial charge < -0.3 is 15.4 Å². The van der Waals surface area contributed by atoms with E-state index in [0.717, 1.165) is 11.4 Å². The third-order valence-corrected chi connectivity index (χ3v) is 2.91. The van der Waals surface area contributed by atoms with E-state index in [9.17, 15) is 4.79 Å². The summed E-state index contributed by atoms with van der Waals surface area (Å²) in [5, 5.41) is 6.02. The van der Waals surface area contributed by atoms with Gasteiger partial charge in [-0.15, -0.1) is 0 Å². The zero-order chi connectivity index (χ0) is 13.5. The van der Waals surface area contributed by atoms with Crippen molar-refractivity contribution in [1.29, 1.82) is 0 Å². The number of methoxy groups -OCH3 is 1. The van der Waals surface area contributed by atoms with Crippen LogP contribution in [-0.2, 0) is 4.79 Å². The lowest BCUT2D eigenvalue weighted by Gasteiger charge is -2.17. The highest BCUT2D eigenvalue weighted by molar-refractivity contribution is 5.81. The third kappa shape index (κ3) is 4.65. The molecule has 0 saturated carbocycles. The quantitative estimate of drug-likeness (QED) is 0.814. The van der Waals surface area contributed by atoms with Gasteiger partial charge in [-0.05, 0) is 25.0 Å². The van der Waals surface area contributed by atoms with E-state index in [2.05, 4.69) is 24.5 Å². The summed E-state index contributed by atoms with van der Waals surface area (Å²) in [4.78, 5) is 11.7. The summed E-state index contributed by atoms with van der Waals surface area (Å²) in [6.45, 7) is 6.44. The van der Waals surface area contributed by atoms with Crippen LogP contribution in [0, 0.1) is 5.92 Å². The van der Waals surface area contributed by atoms with Crippen LogP contribution in [0.15, 0.2) is 24.3 Å². The number of hydrogen-bond acceptors (Lipinski definition) is 3. The standard InChI is InChI=1S/C14H22N2O2/c1-10(2)11(3)16-14(17)9-15-12-6-5-7-13(8-12)18-4/h5-8,10-11,15H,9H2,1-4H3,(H,16,17). The van der Waals surface area contributed by atoms with Crippen LogP contribution in [0.1, 0.15) is 20.8 Å². The van der Waals surface area contributed by atoms with Crippen LogP contribution in [0.2, 0.25) is 0 Å². The number of ether oxygens (including phenoxy) is 1. The van der Waals surface area contributed by atoms with Crippen LogP contribution in [-0.4, -0.2) is 25.6 Å². The first-order chi connectivity index (χ1) is 8.52. The Morgan fingerprint density at radius 3 is 2.67 bits per heavy atom. The highest BCUT2D eigenvalue weighted by Crippen LogP contribution is 2.16. The van der Waals surface area contributed by atoms with Crippen LogP contribution in [0.25, 0.3) is 0 Å². The Morgan fingerprint density at radius 2 is 2.06 bits per heavy atom. The summed E-state index contributed by atoms with van der Waals surface area (Å²) >= 11 is 0. The lowest BCUT2D eigenvalue weighted by Crippen LogP contribution is -2.39. The second-order valence-electron chi connectivity index (χ2n) is 4.69. The molecule has 0 aliphatic rings. The SMILES string of the molecule is COc1cccc(NCC(=O)NC(C)C(C)C)c1. The lowest BCUT2D eigenvalue weighted by molar-refractivity contribution is -0.120. The van der Waals surface area contributed by atoms with E-state index in [0.29, 0.717) is 5.92 Å². The fourth-order valence-corrected chi connectivity index (χ4v) is 1.39. The number of rotatable bonds is 6. The Bertz CT molecular complexity index is 391. The van der Waals surface area contributed by atoms with Gasteiger partial charge in [0.2, 0.25) is 5.91 Å². The Balaban J connectivity index is 2.42. The molecular formula is C14H22N2O2. The largest absolute Gasteiger partial charge is 0.497 e. The molecule has 0 aliphatic heterocycles. The highest BCUT2D eigenvalue weighted by atomic mass is 16.5. The highest BCUT2D eigenvalue weighted by Gasteiger charge is 2.10. The van der Waals surface area contributed by atoms with E-state index in [1.54, 1.807) is 7.11 Å². The summed E-state index contributed by atoms with van der Waals surface area (Å²) in [5.74, 6) is 1.21. The molecule has 4 nitrogen and oxygen atoms in total. The van der Waals surface area contributed by atoms with Crippen molar-refractivity contribution in [2.75, 3.05) is 19.0 Å². The number of hydrogen-bond donors (Lipinski definition) is 2. The fourth-order valence-electron chi connectivity index (χ4n) is 1.39. The van der Waals surface area contributed by atoms with Gasteiger partial charge in [-0.25, -0.2) is 0 Å². The minimum Gasteiger partial charge on any atom is -0.497 e. The van der Waals surface area contributed by atoms with Gasteiger partial charge in [0.05, 0.1) is 13.7 Å². The number of carbonyl (C=O) groups is 1. The molecule has 0 aromatic heterocycles. The number of amides is 1. The Labute approximate surface area is 109 Å². The zero-order valence-corrected chi connectivity index (χ0v) is 11.5. The van der Waals surface area contributed by atoms with Gasteiger partial charge in [-0.1, -0.05) is 19.9 Å².